The summed E-state index contributed by atoms with van der Waals surface area (Å²) in [7, 11) is 1.50. The monoisotopic (exact) mass is 522 g/mol. The molecule has 0 aromatic carbocycles. The number of pyridine rings is 1. The molecule has 2 aliphatic rings. The largest absolute Gasteiger partial charge is 0.377 e. The van der Waals surface area contributed by atoms with Crippen LogP contribution < -0.4 is 22.1 Å². The van der Waals surface area contributed by atoms with Crippen LogP contribution in [0.3, 0.4) is 0 Å². The highest BCUT2D eigenvalue weighted by molar-refractivity contribution is 5.91. The van der Waals surface area contributed by atoms with Crippen LogP contribution >= 0.6 is 0 Å². The van der Waals surface area contributed by atoms with E-state index >= 15 is 0 Å². The second-order valence-electron chi connectivity index (χ2n) is 9.01. The number of halogens is 1. The predicted octanol–water partition coefficient (Wildman–Crippen LogP) is 2.89. The maximum Gasteiger partial charge on any atom is 0.225 e. The summed E-state index contributed by atoms with van der Waals surface area (Å²) in [5, 5.41) is 16.1. The highest BCUT2D eigenvalue weighted by Gasteiger charge is 2.43. The molecule has 0 spiro atoms. The van der Waals surface area contributed by atoms with E-state index < -0.39 is 11.8 Å². The molecule has 0 saturated heterocycles. The second kappa shape index (κ2) is 13.1. The van der Waals surface area contributed by atoms with Crippen LogP contribution in [0, 0.1) is 5.92 Å². The first-order valence-electron chi connectivity index (χ1n) is 12.4. The molecule has 3 atom stereocenters. The Hall–Kier alpha value is -3.80. The molecule has 1 aliphatic carbocycles. The normalized spacial score (nSPS) is 21.1. The number of rotatable bonds is 10. The number of dihydropyridines is 1. The van der Waals surface area contributed by atoms with Gasteiger partial charge in [0.05, 0.1) is 29.1 Å². The van der Waals surface area contributed by atoms with Gasteiger partial charge in [-0.15, -0.1) is 0 Å². The topological polar surface area (TPSA) is 164 Å². The van der Waals surface area contributed by atoms with E-state index in [1.54, 1.807) is 12.3 Å². The Bertz CT molecular complexity index is 1280. The van der Waals surface area contributed by atoms with Gasteiger partial charge in [0.2, 0.25) is 5.95 Å². The van der Waals surface area contributed by atoms with E-state index in [0.29, 0.717) is 54.2 Å². The van der Waals surface area contributed by atoms with Crippen molar-refractivity contribution in [2.24, 2.45) is 22.4 Å². The highest BCUT2D eigenvalue weighted by atomic mass is 19.1. The minimum atomic E-state index is -1.01. The van der Waals surface area contributed by atoms with Crippen molar-refractivity contribution in [3.8, 4) is 0 Å². The third-order valence-electron chi connectivity index (χ3n) is 6.14. The number of anilines is 2. The van der Waals surface area contributed by atoms with Crippen LogP contribution in [0.4, 0.5) is 16.2 Å². The van der Waals surface area contributed by atoms with Crippen LogP contribution in [0.2, 0.25) is 0 Å². The van der Waals surface area contributed by atoms with Crippen molar-refractivity contribution >= 4 is 40.9 Å². The molecule has 0 amide bonds. The van der Waals surface area contributed by atoms with E-state index in [4.69, 9.17) is 10.7 Å². The van der Waals surface area contributed by atoms with E-state index in [0.717, 1.165) is 17.4 Å². The summed E-state index contributed by atoms with van der Waals surface area (Å²) in [5.74, 6) is 0.799. The van der Waals surface area contributed by atoms with Gasteiger partial charge in [0.15, 0.2) is 5.82 Å². The Morgan fingerprint density at radius 1 is 1.29 bits per heavy atom. The summed E-state index contributed by atoms with van der Waals surface area (Å²) in [6.45, 7) is 4.23. The van der Waals surface area contributed by atoms with Crippen molar-refractivity contribution in [2.45, 2.75) is 44.5 Å². The van der Waals surface area contributed by atoms with Crippen LogP contribution in [0.15, 0.2) is 59.4 Å². The van der Waals surface area contributed by atoms with Crippen LogP contribution in [-0.2, 0) is 4.79 Å². The molecule has 7 N–H and O–H groups in total. The molecule has 1 saturated carbocycles. The Labute approximate surface area is 221 Å². The van der Waals surface area contributed by atoms with Gasteiger partial charge in [-0.3, -0.25) is 4.99 Å². The molecule has 3 heterocycles. The zero-order valence-corrected chi connectivity index (χ0v) is 21.8. The van der Waals surface area contributed by atoms with E-state index in [2.05, 4.69) is 31.3 Å². The number of aliphatic hydroxyl groups excluding tert-OH is 1. The summed E-state index contributed by atoms with van der Waals surface area (Å²) in [6.07, 6.45) is 12.1. The molecule has 4 rings (SSSR count). The molecule has 3 unspecified atom stereocenters. The number of allylic oxidation sites excluding steroid dienone is 5. The Balaban J connectivity index is 0.00000195. The number of aromatic nitrogens is 3. The average molecular weight is 523 g/mol. The van der Waals surface area contributed by atoms with Crippen LogP contribution in [0.1, 0.15) is 32.4 Å². The SMILES string of the molecule is CN.C\C=C/C(=C\C=C\F)c1ccc2nc(NCC3=CC(C)C(C(N)O)N=C3)nc(NC3(C=O)CC3)c2n1. The smallest absolute Gasteiger partial charge is 0.225 e. The highest BCUT2D eigenvalue weighted by Crippen LogP contribution is 2.38. The molecule has 0 bridgehead atoms. The van der Waals surface area contributed by atoms with Crippen molar-refractivity contribution < 1.29 is 14.3 Å². The summed E-state index contributed by atoms with van der Waals surface area (Å²) in [6, 6.07) is 3.26. The van der Waals surface area contributed by atoms with Gasteiger partial charge in [-0.2, -0.15) is 4.98 Å². The van der Waals surface area contributed by atoms with Crippen molar-refractivity contribution in [1.82, 2.24) is 15.0 Å². The van der Waals surface area contributed by atoms with Gasteiger partial charge in [-0.25, -0.2) is 14.4 Å². The van der Waals surface area contributed by atoms with Gasteiger partial charge in [-0.05, 0) is 56.2 Å². The molecular weight excluding hydrogens is 487 g/mol. The molecule has 10 nitrogen and oxygen atoms in total. The first-order valence-corrected chi connectivity index (χ1v) is 12.4. The van der Waals surface area contributed by atoms with Gasteiger partial charge in [0, 0.05) is 18.7 Å². The van der Waals surface area contributed by atoms with Crippen LogP contribution in [0.25, 0.3) is 16.6 Å². The fourth-order valence-corrected chi connectivity index (χ4v) is 4.01. The number of aliphatic hydroxyl groups is 1. The molecule has 11 heteroatoms. The van der Waals surface area contributed by atoms with Gasteiger partial charge in [0.25, 0.3) is 0 Å². The molecule has 1 fully saturated rings. The Morgan fingerprint density at radius 2 is 2.05 bits per heavy atom. The van der Waals surface area contributed by atoms with Crippen molar-refractivity contribution in [1.29, 1.82) is 0 Å². The number of hydrogen-bond donors (Lipinski definition) is 5. The number of carbonyl (C=O) groups excluding carboxylic acids is 1. The number of hydrogen-bond acceptors (Lipinski definition) is 10. The molecule has 1 aliphatic heterocycles. The summed E-state index contributed by atoms with van der Waals surface area (Å²) in [5.41, 5.74) is 12.8. The molecule has 202 valence electrons. The van der Waals surface area contributed by atoms with Gasteiger partial charge >= 0.3 is 0 Å². The number of carbonyl (C=O) groups is 1. The Morgan fingerprint density at radius 3 is 2.66 bits per heavy atom. The van der Waals surface area contributed by atoms with Crippen molar-refractivity contribution in [2.75, 3.05) is 24.2 Å². The zero-order valence-electron chi connectivity index (χ0n) is 21.8. The average Bonchev–Trinajstić information content (AvgIpc) is 3.70. The number of fused-ring (bicyclic) bond motifs is 1. The number of nitrogens with two attached hydrogens (primary N) is 2. The lowest BCUT2D eigenvalue weighted by Gasteiger charge is -2.24. The lowest BCUT2D eigenvalue weighted by molar-refractivity contribution is -0.109. The first-order chi connectivity index (χ1) is 18.4. The third kappa shape index (κ3) is 6.94. The summed E-state index contributed by atoms with van der Waals surface area (Å²) in [4.78, 5) is 30.0. The minimum absolute atomic E-state index is 0.0156. The number of aliphatic imine (C=N–C) groups is 1. The fourth-order valence-electron chi connectivity index (χ4n) is 4.01. The number of nitrogens with zero attached hydrogens (tertiary/aromatic N) is 4. The number of aldehydes is 1. The summed E-state index contributed by atoms with van der Waals surface area (Å²) < 4.78 is 12.6. The second-order valence-corrected chi connectivity index (χ2v) is 9.01. The molecule has 38 heavy (non-hydrogen) atoms. The predicted molar refractivity (Wildman–Crippen MR) is 150 cm³/mol. The third-order valence-corrected chi connectivity index (χ3v) is 6.14. The molecule has 2 aromatic rings. The lowest BCUT2D eigenvalue weighted by Crippen LogP contribution is -2.38. The summed E-state index contributed by atoms with van der Waals surface area (Å²) >= 11 is 0. The van der Waals surface area contributed by atoms with Crippen LogP contribution in [-0.4, -0.2) is 64.0 Å². The Kier molecular flexibility index (Phi) is 9.94. The maximum absolute atomic E-state index is 12.6. The first kappa shape index (κ1) is 28.8. The zero-order chi connectivity index (χ0) is 27.7. The van der Waals surface area contributed by atoms with Crippen molar-refractivity contribution in [3.63, 3.8) is 0 Å². The maximum atomic E-state index is 12.6. The van der Waals surface area contributed by atoms with Gasteiger partial charge < -0.3 is 32.0 Å². The van der Waals surface area contributed by atoms with Gasteiger partial charge in [0.1, 0.15) is 18.0 Å². The van der Waals surface area contributed by atoms with Crippen molar-refractivity contribution in [3.05, 3.63) is 60.1 Å². The molecule has 0 radical (unpaired) electrons. The standard InChI is InChI=1S/C26H30FN7O2.CH5N/c1-3-5-18(6-4-11-27)19-7-8-20-22(31-19)24(34-26(15-35)9-10-26)33-25(32-20)30-14-17-12-16(2)21(23(28)36)29-13-17;1-2/h3-8,11-13,15-16,21,23,36H,9-10,14,28H2,1-2H3,(H2,30,32,33,34);2H2,1H3/b5-3-,11-4+,18-6+;. The number of nitrogens with one attached hydrogen (secondary N) is 2. The fraction of sp³-hybridized carbons (Fsp3) is 0.370. The molecule has 2 aromatic heterocycles. The van der Waals surface area contributed by atoms with E-state index in [9.17, 15) is 14.3 Å². The van der Waals surface area contributed by atoms with E-state index in [-0.39, 0.29) is 12.0 Å². The van der Waals surface area contributed by atoms with Gasteiger partial charge in [-0.1, -0.05) is 31.2 Å². The lowest BCUT2D eigenvalue weighted by atomic mass is 9.95. The van der Waals surface area contributed by atoms with Crippen LogP contribution in [0.5, 0.6) is 0 Å². The minimum Gasteiger partial charge on any atom is -0.377 e. The molecular formula is C27H35FN8O2. The van der Waals surface area contributed by atoms with E-state index in [1.807, 2.05) is 44.2 Å². The quantitative estimate of drug-likeness (QED) is 0.179. The van der Waals surface area contributed by atoms with E-state index in [1.165, 1.54) is 13.1 Å².